The van der Waals surface area contributed by atoms with Crippen LogP contribution in [0.25, 0.3) is 0 Å². The zero-order valence-electron chi connectivity index (χ0n) is 13.9. The minimum atomic E-state index is -0.149. The first kappa shape index (κ1) is 14.1. The van der Waals surface area contributed by atoms with Crippen LogP contribution in [0.5, 0.6) is 5.75 Å². The standard InChI is InChI=1S/C21H26O2/c1-20-9-10-21-8-2-3-13(19(21)17(20)6-7-18(20)23)11-14-12-15(22)4-5-16(14)21/h4-5,12-13,18,22-23H,2-3,6-11H2,1H3/t13-,18-,20-,21-/m0/s1. The topological polar surface area (TPSA) is 40.5 Å². The number of aliphatic hydroxyl groups is 1. The summed E-state index contributed by atoms with van der Waals surface area (Å²) in [6.45, 7) is 2.31. The van der Waals surface area contributed by atoms with Gasteiger partial charge in [0.1, 0.15) is 5.75 Å². The van der Waals surface area contributed by atoms with Crippen LogP contribution < -0.4 is 0 Å². The van der Waals surface area contributed by atoms with Gasteiger partial charge < -0.3 is 10.2 Å². The molecule has 2 bridgehead atoms. The number of hydrogen-bond acceptors (Lipinski definition) is 2. The SMILES string of the molecule is C[C@]12CC[C@@]34CCC[C@@H](Cc5cc(O)ccc53)C4=C1CC[C@@H]2O. The molecule has 1 aromatic rings. The summed E-state index contributed by atoms with van der Waals surface area (Å²) in [5, 5.41) is 20.5. The monoisotopic (exact) mass is 310 g/mol. The van der Waals surface area contributed by atoms with Crippen molar-refractivity contribution in [3.63, 3.8) is 0 Å². The third kappa shape index (κ3) is 1.63. The van der Waals surface area contributed by atoms with Crippen LogP contribution in [0.2, 0.25) is 0 Å². The number of aromatic hydroxyl groups is 1. The largest absolute Gasteiger partial charge is 0.508 e. The lowest BCUT2D eigenvalue weighted by Crippen LogP contribution is -2.48. The normalized spacial score (nSPS) is 41.3. The molecule has 122 valence electrons. The molecule has 4 aliphatic carbocycles. The van der Waals surface area contributed by atoms with Gasteiger partial charge in [-0.25, -0.2) is 0 Å². The second-order valence-electron chi connectivity index (χ2n) is 8.58. The Kier molecular flexibility index (Phi) is 2.71. The molecule has 2 saturated carbocycles. The molecule has 2 N–H and O–H groups in total. The second-order valence-corrected chi connectivity index (χ2v) is 8.58. The number of phenols is 1. The number of fused-ring (bicyclic) bond motifs is 2. The Morgan fingerprint density at radius 3 is 2.87 bits per heavy atom. The molecule has 0 spiro atoms. The van der Waals surface area contributed by atoms with Gasteiger partial charge in [0, 0.05) is 10.8 Å². The number of allylic oxidation sites excluding steroid dienone is 1. The maximum atomic E-state index is 10.6. The lowest BCUT2D eigenvalue weighted by atomic mass is 9.49. The van der Waals surface area contributed by atoms with Gasteiger partial charge in [-0.15, -0.1) is 0 Å². The van der Waals surface area contributed by atoms with Gasteiger partial charge >= 0.3 is 0 Å². The van der Waals surface area contributed by atoms with Gasteiger partial charge in [-0.1, -0.05) is 30.6 Å². The first-order chi connectivity index (χ1) is 11.0. The quantitative estimate of drug-likeness (QED) is 0.704. The van der Waals surface area contributed by atoms with Gasteiger partial charge in [0.25, 0.3) is 0 Å². The van der Waals surface area contributed by atoms with Crippen LogP contribution in [0.1, 0.15) is 63.0 Å². The first-order valence-electron chi connectivity index (χ1n) is 9.29. The maximum Gasteiger partial charge on any atom is 0.115 e. The molecule has 0 heterocycles. The molecule has 4 atom stereocenters. The highest BCUT2D eigenvalue weighted by molar-refractivity contribution is 5.54. The molecule has 0 unspecified atom stereocenters. The van der Waals surface area contributed by atoms with Crippen molar-refractivity contribution in [1.82, 2.24) is 0 Å². The second kappa shape index (κ2) is 4.42. The predicted molar refractivity (Wildman–Crippen MR) is 90.4 cm³/mol. The first-order valence-corrected chi connectivity index (χ1v) is 9.29. The van der Waals surface area contributed by atoms with E-state index in [4.69, 9.17) is 0 Å². The molecule has 2 heteroatoms. The summed E-state index contributed by atoms with van der Waals surface area (Å²) in [6, 6.07) is 6.08. The molecular weight excluding hydrogens is 284 g/mol. The molecule has 0 aromatic heterocycles. The predicted octanol–water partition coefficient (Wildman–Crippen LogP) is 4.24. The van der Waals surface area contributed by atoms with Gasteiger partial charge in [-0.2, -0.15) is 0 Å². The summed E-state index contributed by atoms with van der Waals surface area (Å²) in [5.74, 6) is 1.05. The Morgan fingerprint density at radius 1 is 1.13 bits per heavy atom. The molecule has 0 aliphatic heterocycles. The molecule has 1 aromatic carbocycles. The average Bonchev–Trinajstić information content (AvgIpc) is 2.82. The van der Waals surface area contributed by atoms with Gasteiger partial charge in [-0.05, 0) is 74.1 Å². The van der Waals surface area contributed by atoms with Crippen LogP contribution in [-0.4, -0.2) is 16.3 Å². The number of benzene rings is 1. The van der Waals surface area contributed by atoms with E-state index in [2.05, 4.69) is 13.0 Å². The average molecular weight is 310 g/mol. The fourth-order valence-electron chi connectivity index (χ4n) is 6.53. The lowest BCUT2D eigenvalue weighted by Gasteiger charge is -2.55. The van der Waals surface area contributed by atoms with Crippen LogP contribution in [-0.2, 0) is 11.8 Å². The van der Waals surface area contributed by atoms with Crippen molar-refractivity contribution in [2.24, 2.45) is 11.3 Å². The van der Waals surface area contributed by atoms with Crippen molar-refractivity contribution >= 4 is 0 Å². The Hall–Kier alpha value is -1.28. The van der Waals surface area contributed by atoms with Crippen LogP contribution >= 0.6 is 0 Å². The van der Waals surface area contributed by atoms with E-state index in [1.54, 1.807) is 11.1 Å². The summed E-state index contributed by atoms with van der Waals surface area (Å²) in [4.78, 5) is 0. The van der Waals surface area contributed by atoms with Crippen molar-refractivity contribution in [2.45, 2.75) is 69.8 Å². The zero-order chi connectivity index (χ0) is 15.8. The fraction of sp³-hybridized carbons (Fsp3) is 0.619. The van der Waals surface area contributed by atoms with E-state index in [1.807, 2.05) is 12.1 Å². The fourth-order valence-corrected chi connectivity index (χ4v) is 6.53. The van der Waals surface area contributed by atoms with Crippen LogP contribution in [0.4, 0.5) is 0 Å². The van der Waals surface area contributed by atoms with E-state index in [0.717, 1.165) is 25.7 Å². The number of aliphatic hydroxyl groups excluding tert-OH is 1. The van der Waals surface area contributed by atoms with E-state index in [9.17, 15) is 10.2 Å². The highest BCUT2D eigenvalue weighted by atomic mass is 16.3. The Labute approximate surface area is 138 Å². The number of hydrogen-bond donors (Lipinski definition) is 2. The van der Waals surface area contributed by atoms with Crippen LogP contribution in [0.15, 0.2) is 29.3 Å². The number of phenolic OH excluding ortho intramolecular Hbond substituents is 1. The van der Waals surface area contributed by atoms with Crippen LogP contribution in [0, 0.1) is 11.3 Å². The third-order valence-electron chi connectivity index (χ3n) is 7.64. The molecule has 0 saturated heterocycles. The smallest absolute Gasteiger partial charge is 0.115 e. The van der Waals surface area contributed by atoms with Crippen LogP contribution in [0.3, 0.4) is 0 Å². The Balaban J connectivity index is 1.78. The van der Waals surface area contributed by atoms with Crippen molar-refractivity contribution in [2.75, 3.05) is 0 Å². The summed E-state index contributed by atoms with van der Waals surface area (Å²) in [5.41, 5.74) is 6.43. The molecule has 2 nitrogen and oxygen atoms in total. The molecule has 0 amide bonds. The van der Waals surface area contributed by atoms with E-state index in [1.165, 1.54) is 36.8 Å². The molecule has 5 rings (SSSR count). The van der Waals surface area contributed by atoms with E-state index in [-0.39, 0.29) is 16.9 Å². The molecule has 4 aliphatic rings. The maximum absolute atomic E-state index is 10.6. The Bertz CT molecular complexity index is 719. The summed E-state index contributed by atoms with van der Waals surface area (Å²) in [6.07, 6.45) is 9.11. The number of rotatable bonds is 0. The Morgan fingerprint density at radius 2 is 2.00 bits per heavy atom. The summed E-state index contributed by atoms with van der Waals surface area (Å²) in [7, 11) is 0. The van der Waals surface area contributed by atoms with Crippen molar-refractivity contribution in [1.29, 1.82) is 0 Å². The molecule has 2 fully saturated rings. The van der Waals surface area contributed by atoms with Crippen molar-refractivity contribution in [3.8, 4) is 5.75 Å². The minimum Gasteiger partial charge on any atom is -0.508 e. The highest BCUT2D eigenvalue weighted by Gasteiger charge is 2.56. The van der Waals surface area contributed by atoms with Gasteiger partial charge in [0.15, 0.2) is 0 Å². The van der Waals surface area contributed by atoms with E-state index in [0.29, 0.717) is 11.7 Å². The zero-order valence-corrected chi connectivity index (χ0v) is 13.9. The van der Waals surface area contributed by atoms with Crippen molar-refractivity contribution < 1.29 is 10.2 Å². The highest BCUT2D eigenvalue weighted by Crippen LogP contribution is 2.64. The molecule has 0 radical (unpaired) electrons. The van der Waals surface area contributed by atoms with Crippen molar-refractivity contribution in [3.05, 3.63) is 40.5 Å². The summed E-state index contributed by atoms with van der Waals surface area (Å²) < 4.78 is 0. The lowest BCUT2D eigenvalue weighted by molar-refractivity contribution is 0.0594. The van der Waals surface area contributed by atoms with Gasteiger partial charge in [0.05, 0.1) is 6.10 Å². The molecular formula is C21H26O2. The molecule has 23 heavy (non-hydrogen) atoms. The summed E-state index contributed by atoms with van der Waals surface area (Å²) >= 11 is 0. The van der Waals surface area contributed by atoms with E-state index < -0.39 is 0 Å². The van der Waals surface area contributed by atoms with Gasteiger partial charge in [-0.3, -0.25) is 0 Å². The minimum absolute atomic E-state index is 0.0306. The third-order valence-corrected chi connectivity index (χ3v) is 7.64. The van der Waals surface area contributed by atoms with E-state index >= 15 is 0 Å². The van der Waals surface area contributed by atoms with Gasteiger partial charge in [0.2, 0.25) is 0 Å².